The van der Waals surface area contributed by atoms with Gasteiger partial charge in [-0.25, -0.2) is 0 Å². The van der Waals surface area contributed by atoms with Crippen LogP contribution in [-0.4, -0.2) is 35.4 Å². The quantitative estimate of drug-likeness (QED) is 0.848. The topological polar surface area (TPSA) is 49.8 Å². The number of aromatic hydroxyl groups is 1. The van der Waals surface area contributed by atoms with Gasteiger partial charge in [0.1, 0.15) is 0 Å². The number of benzene rings is 1. The van der Waals surface area contributed by atoms with E-state index < -0.39 is 0 Å². The molecule has 94 valence electrons. The van der Waals surface area contributed by atoms with Gasteiger partial charge in [0.05, 0.1) is 7.11 Å². The lowest BCUT2D eigenvalue weighted by Gasteiger charge is -2.17. The van der Waals surface area contributed by atoms with Gasteiger partial charge in [0.2, 0.25) is 5.91 Å². The summed E-state index contributed by atoms with van der Waals surface area (Å²) < 4.78 is 5.01. The van der Waals surface area contributed by atoms with Crippen LogP contribution in [-0.2, 0) is 11.3 Å². The van der Waals surface area contributed by atoms with Crippen molar-refractivity contribution >= 4 is 21.8 Å². The van der Waals surface area contributed by atoms with Gasteiger partial charge < -0.3 is 14.7 Å². The number of rotatable bonds is 5. The molecule has 0 unspecified atom stereocenters. The Morgan fingerprint density at radius 2 is 2.24 bits per heavy atom. The molecule has 0 fully saturated rings. The Bertz CT molecular complexity index is 395. The van der Waals surface area contributed by atoms with E-state index in [-0.39, 0.29) is 11.7 Å². The minimum absolute atomic E-state index is 0.0777. The number of alkyl halides is 1. The molecule has 0 aromatic heterocycles. The molecule has 0 bridgehead atoms. The molecule has 0 aliphatic heterocycles. The summed E-state index contributed by atoms with van der Waals surface area (Å²) in [5, 5.41) is 10.1. The van der Waals surface area contributed by atoms with Gasteiger partial charge in [-0.1, -0.05) is 22.0 Å². The smallest absolute Gasteiger partial charge is 0.223 e. The lowest BCUT2D eigenvalue weighted by Crippen LogP contribution is -2.26. The highest BCUT2D eigenvalue weighted by Crippen LogP contribution is 2.26. The Morgan fingerprint density at radius 3 is 2.82 bits per heavy atom. The number of phenolic OH excluding ortho intramolecular Hbond substituents is 1. The van der Waals surface area contributed by atoms with Gasteiger partial charge in [-0.05, 0) is 17.7 Å². The summed E-state index contributed by atoms with van der Waals surface area (Å²) in [5.74, 6) is 0.600. The average Bonchev–Trinajstić information content (AvgIpc) is 2.31. The van der Waals surface area contributed by atoms with E-state index in [2.05, 4.69) is 15.9 Å². The highest BCUT2D eigenvalue weighted by molar-refractivity contribution is 9.09. The predicted molar refractivity (Wildman–Crippen MR) is 69.5 cm³/mol. The van der Waals surface area contributed by atoms with E-state index in [4.69, 9.17) is 4.74 Å². The maximum Gasteiger partial charge on any atom is 0.223 e. The molecule has 1 amide bonds. The van der Waals surface area contributed by atoms with Crippen LogP contribution in [0.5, 0.6) is 11.5 Å². The van der Waals surface area contributed by atoms with E-state index >= 15 is 0 Å². The highest BCUT2D eigenvalue weighted by atomic mass is 79.9. The summed E-state index contributed by atoms with van der Waals surface area (Å²) in [6.07, 6.45) is 0.478. The van der Waals surface area contributed by atoms with Gasteiger partial charge in [0.15, 0.2) is 11.5 Å². The molecule has 0 aliphatic rings. The van der Waals surface area contributed by atoms with Crippen LogP contribution in [0.15, 0.2) is 18.2 Å². The molecule has 1 aromatic rings. The van der Waals surface area contributed by atoms with Crippen molar-refractivity contribution in [1.29, 1.82) is 0 Å². The number of ether oxygens (including phenoxy) is 1. The SMILES string of the molecule is COc1cc(CN(C)C(=O)CCBr)ccc1O. The number of methoxy groups -OCH3 is 1. The Balaban J connectivity index is 2.71. The second-order valence-electron chi connectivity index (χ2n) is 3.69. The fourth-order valence-electron chi connectivity index (χ4n) is 1.45. The number of phenols is 1. The minimum atomic E-state index is 0.0777. The monoisotopic (exact) mass is 301 g/mol. The first-order chi connectivity index (χ1) is 8.08. The first-order valence-corrected chi connectivity index (χ1v) is 6.36. The van der Waals surface area contributed by atoms with Crippen molar-refractivity contribution in [2.45, 2.75) is 13.0 Å². The molecule has 0 spiro atoms. The molecule has 4 nitrogen and oxygen atoms in total. The number of amides is 1. The summed E-state index contributed by atoms with van der Waals surface area (Å²) in [5.41, 5.74) is 0.921. The fraction of sp³-hybridized carbons (Fsp3) is 0.417. The van der Waals surface area contributed by atoms with Crippen LogP contribution < -0.4 is 4.74 Å². The van der Waals surface area contributed by atoms with E-state index in [0.29, 0.717) is 24.0 Å². The van der Waals surface area contributed by atoms with E-state index in [1.165, 1.54) is 7.11 Å². The van der Waals surface area contributed by atoms with Gasteiger partial charge in [0.25, 0.3) is 0 Å². The van der Waals surface area contributed by atoms with Gasteiger partial charge >= 0.3 is 0 Å². The summed E-state index contributed by atoms with van der Waals surface area (Å²) in [6, 6.07) is 5.07. The third-order valence-corrected chi connectivity index (χ3v) is 2.79. The molecule has 0 radical (unpaired) electrons. The number of hydrogen-bond acceptors (Lipinski definition) is 3. The van der Waals surface area contributed by atoms with Crippen molar-refractivity contribution in [3.63, 3.8) is 0 Å². The molecular weight excluding hydrogens is 286 g/mol. The van der Waals surface area contributed by atoms with E-state index in [0.717, 1.165) is 5.56 Å². The zero-order chi connectivity index (χ0) is 12.8. The standard InChI is InChI=1S/C12H16BrNO3/c1-14(12(16)5-6-13)8-9-3-4-10(15)11(7-9)17-2/h3-4,7,15H,5-6,8H2,1-2H3. The van der Waals surface area contributed by atoms with E-state index in [1.54, 1.807) is 30.1 Å². The Labute approximate surface area is 109 Å². The largest absolute Gasteiger partial charge is 0.504 e. The van der Waals surface area contributed by atoms with E-state index in [1.807, 2.05) is 0 Å². The fourth-order valence-corrected chi connectivity index (χ4v) is 1.79. The summed E-state index contributed by atoms with van der Waals surface area (Å²) in [6.45, 7) is 0.502. The maximum atomic E-state index is 11.6. The van der Waals surface area contributed by atoms with Crippen molar-refractivity contribution in [2.75, 3.05) is 19.5 Å². The molecule has 0 saturated heterocycles. The Kier molecular flexibility index (Phi) is 5.28. The lowest BCUT2D eigenvalue weighted by molar-refractivity contribution is -0.129. The summed E-state index contributed by atoms with van der Waals surface area (Å²) >= 11 is 3.24. The first-order valence-electron chi connectivity index (χ1n) is 5.24. The zero-order valence-electron chi connectivity index (χ0n) is 9.94. The summed E-state index contributed by atoms with van der Waals surface area (Å²) in [4.78, 5) is 13.2. The molecule has 1 rings (SSSR count). The number of nitrogens with zero attached hydrogens (tertiary/aromatic N) is 1. The van der Waals surface area contributed by atoms with Crippen molar-refractivity contribution in [3.8, 4) is 11.5 Å². The first kappa shape index (κ1) is 13.8. The van der Waals surface area contributed by atoms with Crippen LogP contribution in [0, 0.1) is 0 Å². The third kappa shape index (κ3) is 3.93. The zero-order valence-corrected chi connectivity index (χ0v) is 11.5. The number of carbonyl (C=O) groups is 1. The molecule has 0 aliphatic carbocycles. The van der Waals surface area contributed by atoms with Gasteiger partial charge in [-0.2, -0.15) is 0 Å². The number of hydrogen-bond donors (Lipinski definition) is 1. The Morgan fingerprint density at radius 1 is 1.53 bits per heavy atom. The molecule has 5 heteroatoms. The van der Waals surface area contributed by atoms with Crippen molar-refractivity contribution in [2.24, 2.45) is 0 Å². The Hall–Kier alpha value is -1.23. The molecule has 0 atom stereocenters. The molecule has 1 aromatic carbocycles. The van der Waals surface area contributed by atoms with Gasteiger partial charge in [-0.15, -0.1) is 0 Å². The molecule has 0 saturated carbocycles. The van der Waals surface area contributed by atoms with Crippen molar-refractivity contribution < 1.29 is 14.6 Å². The number of halogens is 1. The predicted octanol–water partition coefficient (Wildman–Crippen LogP) is 2.14. The second kappa shape index (κ2) is 6.49. The summed E-state index contributed by atoms with van der Waals surface area (Å²) in [7, 11) is 3.25. The van der Waals surface area contributed by atoms with Crippen LogP contribution in [0.1, 0.15) is 12.0 Å². The van der Waals surface area contributed by atoms with Crippen LogP contribution in [0.4, 0.5) is 0 Å². The second-order valence-corrected chi connectivity index (χ2v) is 4.49. The number of carbonyl (C=O) groups excluding carboxylic acids is 1. The van der Waals surface area contributed by atoms with Crippen LogP contribution in [0.3, 0.4) is 0 Å². The van der Waals surface area contributed by atoms with E-state index in [9.17, 15) is 9.90 Å². The third-order valence-electron chi connectivity index (χ3n) is 2.40. The maximum absolute atomic E-state index is 11.6. The van der Waals surface area contributed by atoms with Gasteiger partial charge in [-0.3, -0.25) is 4.79 Å². The van der Waals surface area contributed by atoms with Crippen molar-refractivity contribution in [1.82, 2.24) is 4.90 Å². The molecule has 17 heavy (non-hydrogen) atoms. The normalized spacial score (nSPS) is 10.1. The average molecular weight is 302 g/mol. The van der Waals surface area contributed by atoms with Crippen molar-refractivity contribution in [3.05, 3.63) is 23.8 Å². The molecular formula is C12H16BrNO3. The lowest BCUT2D eigenvalue weighted by atomic mass is 10.2. The minimum Gasteiger partial charge on any atom is -0.504 e. The van der Waals surface area contributed by atoms with Gasteiger partial charge in [0, 0.05) is 25.3 Å². The molecule has 1 N–H and O–H groups in total. The van der Waals surface area contributed by atoms with Crippen LogP contribution in [0.2, 0.25) is 0 Å². The molecule has 0 heterocycles. The highest BCUT2D eigenvalue weighted by Gasteiger charge is 2.09. The van der Waals surface area contributed by atoms with Crippen LogP contribution >= 0.6 is 15.9 Å². The van der Waals surface area contributed by atoms with Crippen LogP contribution in [0.25, 0.3) is 0 Å².